The van der Waals surface area contributed by atoms with Crippen molar-refractivity contribution in [2.24, 2.45) is 5.73 Å². The average molecular weight is 191 g/mol. The lowest BCUT2D eigenvalue weighted by Crippen LogP contribution is -2.27. The van der Waals surface area contributed by atoms with E-state index >= 15 is 0 Å². The highest BCUT2D eigenvalue weighted by molar-refractivity contribution is 4.68. The van der Waals surface area contributed by atoms with Gasteiger partial charge in [-0.3, -0.25) is 0 Å². The molecule has 0 spiro atoms. The fraction of sp³-hybridized carbons (Fsp3) is 1.00. The molecule has 4 nitrogen and oxygen atoms in total. The summed E-state index contributed by atoms with van der Waals surface area (Å²) < 4.78 is 0. The van der Waals surface area contributed by atoms with E-state index in [0.29, 0.717) is 12.8 Å². The average Bonchev–Trinajstić information content (AvgIpc) is 2.04. The molecule has 0 aliphatic heterocycles. The van der Waals surface area contributed by atoms with E-state index in [1.54, 1.807) is 0 Å². The van der Waals surface area contributed by atoms with E-state index in [-0.39, 0.29) is 13.0 Å². The first kappa shape index (κ1) is 12.8. The molecular weight excluding hydrogens is 170 g/mol. The molecule has 5 N–H and O–H groups in total. The highest BCUT2D eigenvalue weighted by Crippen LogP contribution is 2.09. The molecule has 0 aromatic carbocycles. The van der Waals surface area contributed by atoms with Gasteiger partial charge in [-0.2, -0.15) is 0 Å². The molecule has 0 rings (SSSR count). The minimum Gasteiger partial charge on any atom is -0.393 e. The van der Waals surface area contributed by atoms with Gasteiger partial charge in [0.25, 0.3) is 0 Å². The summed E-state index contributed by atoms with van der Waals surface area (Å²) in [7, 11) is 0. The van der Waals surface area contributed by atoms with Crippen LogP contribution in [0.2, 0.25) is 0 Å². The summed E-state index contributed by atoms with van der Waals surface area (Å²) in [5.41, 5.74) is 5.19. The number of nitrogens with two attached hydrogens (primary N) is 1. The lowest BCUT2D eigenvalue weighted by Gasteiger charge is -2.17. The maximum Gasteiger partial charge on any atom is 0.0687 e. The van der Waals surface area contributed by atoms with E-state index in [4.69, 9.17) is 10.8 Å². The molecule has 80 valence electrons. The van der Waals surface area contributed by atoms with Gasteiger partial charge in [0, 0.05) is 13.0 Å². The van der Waals surface area contributed by atoms with Crippen LogP contribution in [0.25, 0.3) is 0 Å². The second kappa shape index (κ2) is 7.26. The van der Waals surface area contributed by atoms with Crippen molar-refractivity contribution in [3.8, 4) is 0 Å². The SMILES string of the molecule is CCCC(O)CC(O)CC(O)CN. The van der Waals surface area contributed by atoms with Crippen molar-refractivity contribution in [2.45, 2.75) is 50.9 Å². The molecule has 0 fully saturated rings. The fourth-order valence-electron chi connectivity index (χ4n) is 1.27. The Balaban J connectivity index is 3.54. The second-order valence-corrected chi connectivity index (χ2v) is 3.46. The molecule has 0 bridgehead atoms. The van der Waals surface area contributed by atoms with Crippen LogP contribution in [-0.4, -0.2) is 40.2 Å². The van der Waals surface area contributed by atoms with E-state index in [1.807, 2.05) is 6.92 Å². The predicted octanol–water partition coefficient (Wildman–Crippen LogP) is -0.392. The Morgan fingerprint density at radius 3 is 2.00 bits per heavy atom. The van der Waals surface area contributed by atoms with Gasteiger partial charge in [0.1, 0.15) is 0 Å². The minimum atomic E-state index is -0.663. The summed E-state index contributed by atoms with van der Waals surface area (Å²) >= 11 is 0. The molecule has 0 aromatic heterocycles. The quantitative estimate of drug-likeness (QED) is 0.441. The van der Waals surface area contributed by atoms with Gasteiger partial charge >= 0.3 is 0 Å². The van der Waals surface area contributed by atoms with Crippen LogP contribution in [0.4, 0.5) is 0 Å². The largest absolute Gasteiger partial charge is 0.393 e. The van der Waals surface area contributed by atoms with Gasteiger partial charge in [-0.05, 0) is 12.8 Å². The van der Waals surface area contributed by atoms with E-state index in [9.17, 15) is 10.2 Å². The summed E-state index contributed by atoms with van der Waals surface area (Å²) in [5.74, 6) is 0. The number of aliphatic hydroxyl groups excluding tert-OH is 3. The van der Waals surface area contributed by atoms with Crippen molar-refractivity contribution < 1.29 is 15.3 Å². The van der Waals surface area contributed by atoms with Crippen LogP contribution in [-0.2, 0) is 0 Å². The van der Waals surface area contributed by atoms with Crippen molar-refractivity contribution in [1.82, 2.24) is 0 Å². The van der Waals surface area contributed by atoms with Crippen molar-refractivity contribution >= 4 is 0 Å². The molecule has 0 aliphatic carbocycles. The zero-order valence-corrected chi connectivity index (χ0v) is 8.19. The highest BCUT2D eigenvalue weighted by atomic mass is 16.3. The maximum atomic E-state index is 9.37. The van der Waals surface area contributed by atoms with Crippen molar-refractivity contribution in [1.29, 1.82) is 0 Å². The van der Waals surface area contributed by atoms with Gasteiger partial charge in [-0.15, -0.1) is 0 Å². The lowest BCUT2D eigenvalue weighted by molar-refractivity contribution is 0.0395. The molecule has 4 heteroatoms. The Bertz CT molecular complexity index is 121. The molecule has 0 heterocycles. The number of hydrogen-bond acceptors (Lipinski definition) is 4. The summed E-state index contributed by atoms with van der Waals surface area (Å²) in [4.78, 5) is 0. The number of rotatable bonds is 7. The monoisotopic (exact) mass is 191 g/mol. The standard InChI is InChI=1S/C9H21NO3/c1-2-3-7(11)4-8(12)5-9(13)6-10/h7-9,11-13H,2-6,10H2,1H3. The third-order valence-electron chi connectivity index (χ3n) is 1.98. The van der Waals surface area contributed by atoms with Crippen molar-refractivity contribution in [3.63, 3.8) is 0 Å². The molecule has 13 heavy (non-hydrogen) atoms. The van der Waals surface area contributed by atoms with Crippen LogP contribution in [0.15, 0.2) is 0 Å². The summed E-state index contributed by atoms with van der Waals surface area (Å²) in [5, 5.41) is 27.8. The van der Waals surface area contributed by atoms with E-state index < -0.39 is 18.3 Å². The van der Waals surface area contributed by atoms with Crippen LogP contribution in [0.3, 0.4) is 0 Å². The first-order valence-electron chi connectivity index (χ1n) is 4.84. The molecule has 0 saturated heterocycles. The van der Waals surface area contributed by atoms with Crippen LogP contribution in [0, 0.1) is 0 Å². The van der Waals surface area contributed by atoms with Gasteiger partial charge in [-0.1, -0.05) is 13.3 Å². The third kappa shape index (κ3) is 6.95. The smallest absolute Gasteiger partial charge is 0.0687 e. The molecule has 0 aromatic rings. The molecule has 0 amide bonds. The van der Waals surface area contributed by atoms with Gasteiger partial charge in [0.05, 0.1) is 18.3 Å². The van der Waals surface area contributed by atoms with E-state index in [0.717, 1.165) is 6.42 Å². The molecule has 3 atom stereocenters. The highest BCUT2D eigenvalue weighted by Gasteiger charge is 2.14. The Morgan fingerprint density at radius 1 is 1.00 bits per heavy atom. The summed E-state index contributed by atoms with van der Waals surface area (Å²) in [6, 6.07) is 0. The molecular formula is C9H21NO3. The Labute approximate surface area is 79.4 Å². The fourth-order valence-corrected chi connectivity index (χ4v) is 1.27. The van der Waals surface area contributed by atoms with Crippen molar-refractivity contribution in [3.05, 3.63) is 0 Å². The maximum absolute atomic E-state index is 9.37. The van der Waals surface area contributed by atoms with Gasteiger partial charge in [-0.25, -0.2) is 0 Å². The third-order valence-corrected chi connectivity index (χ3v) is 1.98. The zero-order chi connectivity index (χ0) is 10.3. The zero-order valence-electron chi connectivity index (χ0n) is 8.19. The van der Waals surface area contributed by atoms with Crippen LogP contribution < -0.4 is 5.73 Å². The molecule has 0 saturated carbocycles. The Kier molecular flexibility index (Phi) is 7.17. The van der Waals surface area contributed by atoms with Crippen molar-refractivity contribution in [2.75, 3.05) is 6.54 Å². The predicted molar refractivity (Wildman–Crippen MR) is 51.2 cm³/mol. The first-order valence-corrected chi connectivity index (χ1v) is 4.84. The lowest BCUT2D eigenvalue weighted by atomic mass is 10.0. The molecule has 3 unspecified atom stereocenters. The minimum absolute atomic E-state index is 0.154. The normalized spacial score (nSPS) is 18.2. The second-order valence-electron chi connectivity index (χ2n) is 3.46. The number of aliphatic hydroxyl groups is 3. The topological polar surface area (TPSA) is 86.7 Å². The van der Waals surface area contributed by atoms with Gasteiger partial charge in [0.2, 0.25) is 0 Å². The van der Waals surface area contributed by atoms with E-state index in [1.165, 1.54) is 0 Å². The first-order chi connectivity index (χ1) is 6.10. The Hall–Kier alpha value is -0.160. The Morgan fingerprint density at radius 2 is 1.54 bits per heavy atom. The van der Waals surface area contributed by atoms with E-state index in [2.05, 4.69) is 0 Å². The van der Waals surface area contributed by atoms with Gasteiger partial charge < -0.3 is 21.1 Å². The summed E-state index contributed by atoms with van der Waals surface area (Å²) in [6.07, 6.45) is 0.375. The summed E-state index contributed by atoms with van der Waals surface area (Å²) in [6.45, 7) is 2.13. The van der Waals surface area contributed by atoms with Gasteiger partial charge in [0.15, 0.2) is 0 Å². The molecule has 0 aliphatic rings. The van der Waals surface area contributed by atoms with Crippen LogP contribution >= 0.6 is 0 Å². The number of hydrogen-bond donors (Lipinski definition) is 4. The molecule has 0 radical (unpaired) electrons. The van der Waals surface area contributed by atoms with Crippen LogP contribution in [0.5, 0.6) is 0 Å². The van der Waals surface area contributed by atoms with Crippen LogP contribution in [0.1, 0.15) is 32.6 Å².